The summed E-state index contributed by atoms with van der Waals surface area (Å²) < 4.78 is 0.960. The fourth-order valence-corrected chi connectivity index (χ4v) is 2.97. The Morgan fingerprint density at radius 3 is 2.57 bits per heavy atom. The number of nitrogens with zero attached hydrogens (tertiary/aromatic N) is 1. The van der Waals surface area contributed by atoms with Crippen LogP contribution < -0.4 is 10.2 Å². The minimum Gasteiger partial charge on any atom is -0.326 e. The Kier molecular flexibility index (Phi) is 4.48. The van der Waals surface area contributed by atoms with E-state index in [-0.39, 0.29) is 24.2 Å². The molecule has 3 rings (SSSR count). The number of aryl methyl sites for hydroxylation is 1. The lowest BCUT2D eigenvalue weighted by atomic mass is 10.1. The third-order valence-corrected chi connectivity index (χ3v) is 4.57. The second kappa shape index (κ2) is 6.54. The van der Waals surface area contributed by atoms with E-state index < -0.39 is 0 Å². The molecule has 4 nitrogen and oxygen atoms in total. The molecule has 0 bridgehead atoms. The van der Waals surface area contributed by atoms with Gasteiger partial charge in [-0.25, -0.2) is 0 Å². The van der Waals surface area contributed by atoms with Crippen molar-refractivity contribution in [2.75, 3.05) is 16.8 Å². The maximum Gasteiger partial charge on any atom is 0.229 e. The van der Waals surface area contributed by atoms with Crippen molar-refractivity contribution in [3.05, 3.63) is 58.6 Å². The number of hydrogen-bond donors (Lipinski definition) is 1. The molecule has 5 heteroatoms. The molecule has 118 valence electrons. The van der Waals surface area contributed by atoms with E-state index in [1.165, 1.54) is 0 Å². The highest BCUT2D eigenvalue weighted by molar-refractivity contribution is 9.10. The molecule has 2 aromatic carbocycles. The Morgan fingerprint density at radius 2 is 1.87 bits per heavy atom. The molecule has 1 unspecified atom stereocenters. The molecule has 0 radical (unpaired) electrons. The largest absolute Gasteiger partial charge is 0.326 e. The minimum absolute atomic E-state index is 0.0164. The summed E-state index contributed by atoms with van der Waals surface area (Å²) in [7, 11) is 0. The lowest BCUT2D eigenvalue weighted by Gasteiger charge is -2.17. The Bertz CT molecular complexity index is 743. The van der Waals surface area contributed by atoms with Crippen LogP contribution >= 0.6 is 15.9 Å². The number of carbonyl (C=O) groups excluding carboxylic acids is 2. The molecule has 0 aromatic heterocycles. The molecule has 2 amide bonds. The predicted octanol–water partition coefficient (Wildman–Crippen LogP) is 3.75. The summed E-state index contributed by atoms with van der Waals surface area (Å²) in [5, 5.41) is 2.93. The van der Waals surface area contributed by atoms with Crippen molar-refractivity contribution < 1.29 is 9.59 Å². The second-order valence-electron chi connectivity index (χ2n) is 5.69. The normalized spacial score (nSPS) is 17.4. The Labute approximate surface area is 143 Å². The van der Waals surface area contributed by atoms with Gasteiger partial charge in [-0.1, -0.05) is 34.1 Å². The second-order valence-corrected chi connectivity index (χ2v) is 6.60. The number of hydrogen-bond acceptors (Lipinski definition) is 2. The summed E-state index contributed by atoms with van der Waals surface area (Å²) in [5.74, 6) is -0.449. The zero-order valence-electron chi connectivity index (χ0n) is 12.8. The predicted molar refractivity (Wildman–Crippen MR) is 94.4 cm³/mol. The molecule has 0 aliphatic carbocycles. The number of benzene rings is 2. The Morgan fingerprint density at radius 1 is 1.17 bits per heavy atom. The van der Waals surface area contributed by atoms with Gasteiger partial charge in [0.25, 0.3) is 0 Å². The van der Waals surface area contributed by atoms with E-state index in [4.69, 9.17) is 0 Å². The first-order chi connectivity index (χ1) is 11.0. The first-order valence-electron chi connectivity index (χ1n) is 7.47. The number of rotatable bonds is 3. The van der Waals surface area contributed by atoms with Crippen molar-refractivity contribution >= 4 is 39.1 Å². The average molecular weight is 373 g/mol. The van der Waals surface area contributed by atoms with Crippen molar-refractivity contribution in [3.63, 3.8) is 0 Å². The molecular formula is C18H17BrN2O2. The number of amides is 2. The molecule has 1 heterocycles. The number of halogens is 1. The van der Waals surface area contributed by atoms with Gasteiger partial charge in [-0.3, -0.25) is 9.59 Å². The van der Waals surface area contributed by atoms with Crippen LogP contribution in [0, 0.1) is 12.8 Å². The Balaban J connectivity index is 1.71. The molecule has 1 aliphatic rings. The fourth-order valence-electron chi connectivity index (χ4n) is 2.70. The number of para-hydroxylation sites is 1. The Hall–Kier alpha value is -2.14. The van der Waals surface area contributed by atoms with E-state index in [1.54, 1.807) is 4.90 Å². The molecule has 23 heavy (non-hydrogen) atoms. The summed E-state index contributed by atoms with van der Waals surface area (Å²) >= 11 is 3.38. The van der Waals surface area contributed by atoms with Crippen LogP contribution in [0.3, 0.4) is 0 Å². The zero-order valence-corrected chi connectivity index (χ0v) is 14.3. The zero-order chi connectivity index (χ0) is 16.4. The van der Waals surface area contributed by atoms with E-state index in [0.29, 0.717) is 6.54 Å². The van der Waals surface area contributed by atoms with Crippen LogP contribution in [-0.4, -0.2) is 18.4 Å². The highest BCUT2D eigenvalue weighted by Crippen LogP contribution is 2.27. The van der Waals surface area contributed by atoms with Gasteiger partial charge in [0.1, 0.15) is 0 Å². The van der Waals surface area contributed by atoms with Gasteiger partial charge >= 0.3 is 0 Å². The molecule has 1 aliphatic heterocycles. The van der Waals surface area contributed by atoms with Gasteiger partial charge < -0.3 is 10.2 Å². The van der Waals surface area contributed by atoms with Crippen LogP contribution in [0.5, 0.6) is 0 Å². The lowest BCUT2D eigenvalue weighted by molar-refractivity contribution is -0.122. The maximum atomic E-state index is 12.4. The molecule has 1 fully saturated rings. The molecular weight excluding hydrogens is 356 g/mol. The van der Waals surface area contributed by atoms with Crippen LogP contribution in [-0.2, 0) is 9.59 Å². The monoisotopic (exact) mass is 372 g/mol. The minimum atomic E-state index is -0.328. The van der Waals surface area contributed by atoms with Gasteiger partial charge in [0.05, 0.1) is 5.92 Å². The van der Waals surface area contributed by atoms with Crippen molar-refractivity contribution in [2.24, 2.45) is 5.92 Å². The fraction of sp³-hybridized carbons (Fsp3) is 0.222. The summed E-state index contributed by atoms with van der Waals surface area (Å²) in [6, 6.07) is 15.2. The van der Waals surface area contributed by atoms with Crippen LogP contribution in [0.25, 0.3) is 0 Å². The summed E-state index contributed by atoms with van der Waals surface area (Å²) in [5.41, 5.74) is 2.63. The van der Waals surface area contributed by atoms with Crippen molar-refractivity contribution in [3.8, 4) is 0 Å². The van der Waals surface area contributed by atoms with Crippen molar-refractivity contribution in [1.29, 1.82) is 0 Å². The average Bonchev–Trinajstić information content (AvgIpc) is 2.92. The van der Waals surface area contributed by atoms with E-state index >= 15 is 0 Å². The SMILES string of the molecule is Cc1ccccc1NC(=O)C1CC(=O)N(c2ccc(Br)cc2)C1. The maximum absolute atomic E-state index is 12.4. The number of nitrogens with one attached hydrogen (secondary N) is 1. The van der Waals surface area contributed by atoms with E-state index in [1.807, 2.05) is 55.5 Å². The molecule has 1 atom stereocenters. The molecule has 0 spiro atoms. The topological polar surface area (TPSA) is 49.4 Å². The lowest BCUT2D eigenvalue weighted by Crippen LogP contribution is -2.28. The molecule has 2 aromatic rings. The molecule has 1 saturated heterocycles. The standard InChI is InChI=1S/C18H17BrN2O2/c1-12-4-2-3-5-16(12)20-18(23)13-10-17(22)21(11-13)15-8-6-14(19)7-9-15/h2-9,13H,10-11H2,1H3,(H,20,23). The van der Waals surface area contributed by atoms with Crippen molar-refractivity contribution in [2.45, 2.75) is 13.3 Å². The van der Waals surface area contributed by atoms with Gasteiger partial charge in [-0.15, -0.1) is 0 Å². The first kappa shape index (κ1) is 15.7. The van der Waals surface area contributed by atoms with Gasteiger partial charge in [0.2, 0.25) is 11.8 Å². The number of anilines is 2. The first-order valence-corrected chi connectivity index (χ1v) is 8.26. The van der Waals surface area contributed by atoms with Gasteiger partial charge in [0.15, 0.2) is 0 Å². The summed E-state index contributed by atoms with van der Waals surface area (Å²) in [4.78, 5) is 26.3. The summed E-state index contributed by atoms with van der Waals surface area (Å²) in [6.07, 6.45) is 0.244. The molecule has 0 saturated carbocycles. The highest BCUT2D eigenvalue weighted by Gasteiger charge is 2.35. The molecule has 1 N–H and O–H groups in total. The third kappa shape index (κ3) is 3.45. The number of carbonyl (C=O) groups is 2. The highest BCUT2D eigenvalue weighted by atomic mass is 79.9. The van der Waals surface area contributed by atoms with E-state index in [9.17, 15) is 9.59 Å². The van der Waals surface area contributed by atoms with Gasteiger partial charge in [-0.2, -0.15) is 0 Å². The smallest absolute Gasteiger partial charge is 0.229 e. The van der Waals surface area contributed by atoms with Gasteiger partial charge in [0, 0.05) is 28.8 Å². The van der Waals surface area contributed by atoms with Crippen LogP contribution in [0.4, 0.5) is 11.4 Å². The third-order valence-electron chi connectivity index (χ3n) is 4.04. The van der Waals surface area contributed by atoms with Crippen LogP contribution in [0.15, 0.2) is 53.0 Å². The van der Waals surface area contributed by atoms with Crippen LogP contribution in [0.1, 0.15) is 12.0 Å². The van der Waals surface area contributed by atoms with Gasteiger partial charge in [-0.05, 0) is 42.8 Å². The van der Waals surface area contributed by atoms with E-state index in [2.05, 4.69) is 21.2 Å². The van der Waals surface area contributed by atoms with Crippen LogP contribution in [0.2, 0.25) is 0 Å². The van der Waals surface area contributed by atoms with E-state index in [0.717, 1.165) is 21.4 Å². The van der Waals surface area contributed by atoms with Crippen molar-refractivity contribution in [1.82, 2.24) is 0 Å². The summed E-state index contributed by atoms with van der Waals surface area (Å²) in [6.45, 7) is 2.36. The quantitative estimate of drug-likeness (QED) is 0.891.